The molecule has 0 unspecified atom stereocenters. The molecule has 1 aliphatic rings. The molecule has 0 saturated carbocycles. The molecule has 0 radical (unpaired) electrons. The summed E-state index contributed by atoms with van der Waals surface area (Å²) in [6, 6.07) is 10.9. The Morgan fingerprint density at radius 1 is 1.24 bits per heavy atom. The Morgan fingerprint density at radius 3 is 3.00 bits per heavy atom. The maximum atomic E-state index is 4.42. The highest BCUT2D eigenvalue weighted by Gasteiger charge is 2.13. The Bertz CT molecular complexity index is 622. The number of anilines is 1. The summed E-state index contributed by atoms with van der Waals surface area (Å²) in [6.07, 6.45) is 4.32. The van der Waals surface area contributed by atoms with Crippen LogP contribution in [-0.2, 0) is 19.5 Å². The van der Waals surface area contributed by atoms with Crippen LogP contribution in [0.5, 0.6) is 0 Å². The van der Waals surface area contributed by atoms with E-state index in [-0.39, 0.29) is 0 Å². The minimum Gasteiger partial charge on any atom is -0.374 e. The molecule has 21 heavy (non-hydrogen) atoms. The van der Waals surface area contributed by atoms with Crippen LogP contribution in [0.1, 0.15) is 28.8 Å². The van der Waals surface area contributed by atoms with Crippen molar-refractivity contribution in [3.8, 4) is 0 Å². The van der Waals surface area contributed by atoms with Gasteiger partial charge in [-0.2, -0.15) is 0 Å². The molecule has 2 aromatic rings. The van der Waals surface area contributed by atoms with Gasteiger partial charge < -0.3 is 10.2 Å². The predicted molar refractivity (Wildman–Crippen MR) is 87.6 cm³/mol. The van der Waals surface area contributed by atoms with Crippen LogP contribution in [0.15, 0.2) is 36.5 Å². The average molecular weight is 281 g/mol. The van der Waals surface area contributed by atoms with Crippen LogP contribution in [0.2, 0.25) is 0 Å². The Morgan fingerprint density at radius 2 is 2.14 bits per heavy atom. The summed E-state index contributed by atoms with van der Waals surface area (Å²) in [5.41, 5.74) is 6.62. The van der Waals surface area contributed by atoms with Crippen molar-refractivity contribution in [3.05, 3.63) is 58.9 Å². The SMILES string of the molecule is Cc1cccnc1CNCc1ccc2c(c1)CCCN2C. The van der Waals surface area contributed by atoms with E-state index in [0.717, 1.165) is 18.8 Å². The van der Waals surface area contributed by atoms with Crippen LogP contribution in [-0.4, -0.2) is 18.6 Å². The lowest BCUT2D eigenvalue weighted by molar-refractivity contribution is 0.673. The zero-order chi connectivity index (χ0) is 14.7. The Hall–Kier alpha value is -1.87. The van der Waals surface area contributed by atoms with Crippen molar-refractivity contribution >= 4 is 5.69 Å². The maximum Gasteiger partial charge on any atom is 0.0570 e. The van der Waals surface area contributed by atoms with Crippen molar-refractivity contribution < 1.29 is 0 Å². The molecular weight excluding hydrogens is 258 g/mol. The van der Waals surface area contributed by atoms with E-state index in [1.165, 1.54) is 41.8 Å². The van der Waals surface area contributed by atoms with Gasteiger partial charge in [0.15, 0.2) is 0 Å². The molecule has 1 aromatic heterocycles. The zero-order valence-electron chi connectivity index (χ0n) is 12.9. The number of rotatable bonds is 4. The third kappa shape index (κ3) is 3.24. The Labute approximate surface area is 127 Å². The van der Waals surface area contributed by atoms with Crippen molar-refractivity contribution in [2.45, 2.75) is 32.9 Å². The summed E-state index contributed by atoms with van der Waals surface area (Å²) >= 11 is 0. The highest BCUT2D eigenvalue weighted by atomic mass is 15.1. The van der Waals surface area contributed by atoms with E-state index in [2.05, 4.69) is 53.4 Å². The molecule has 0 spiro atoms. The molecule has 0 saturated heterocycles. The smallest absolute Gasteiger partial charge is 0.0570 e. The lowest BCUT2D eigenvalue weighted by Crippen LogP contribution is -2.24. The van der Waals surface area contributed by atoms with E-state index in [4.69, 9.17) is 0 Å². The molecule has 3 rings (SSSR count). The second-order valence-corrected chi connectivity index (χ2v) is 5.86. The van der Waals surface area contributed by atoms with Gasteiger partial charge in [0.1, 0.15) is 0 Å². The van der Waals surface area contributed by atoms with Crippen molar-refractivity contribution in [2.75, 3.05) is 18.5 Å². The first-order chi connectivity index (χ1) is 10.2. The molecule has 1 aromatic carbocycles. The van der Waals surface area contributed by atoms with Crippen molar-refractivity contribution in [2.24, 2.45) is 0 Å². The molecule has 0 bridgehead atoms. The summed E-state index contributed by atoms with van der Waals surface area (Å²) in [5, 5.41) is 3.50. The van der Waals surface area contributed by atoms with Gasteiger partial charge in [0.25, 0.3) is 0 Å². The van der Waals surface area contributed by atoms with Gasteiger partial charge in [-0.1, -0.05) is 18.2 Å². The van der Waals surface area contributed by atoms with Gasteiger partial charge in [0.2, 0.25) is 0 Å². The number of pyridine rings is 1. The average Bonchev–Trinajstić information content (AvgIpc) is 2.49. The Kier molecular flexibility index (Phi) is 4.20. The summed E-state index contributed by atoms with van der Waals surface area (Å²) in [6.45, 7) is 5.00. The number of hydrogen-bond acceptors (Lipinski definition) is 3. The van der Waals surface area contributed by atoms with Crippen molar-refractivity contribution in [1.82, 2.24) is 10.3 Å². The minimum absolute atomic E-state index is 0.823. The van der Waals surface area contributed by atoms with Gasteiger partial charge in [0, 0.05) is 38.6 Å². The molecule has 3 nitrogen and oxygen atoms in total. The number of benzene rings is 1. The van der Waals surface area contributed by atoms with Crippen LogP contribution < -0.4 is 10.2 Å². The van der Waals surface area contributed by atoms with Gasteiger partial charge >= 0.3 is 0 Å². The number of hydrogen-bond donors (Lipinski definition) is 1. The Balaban J connectivity index is 1.62. The lowest BCUT2D eigenvalue weighted by Gasteiger charge is -2.27. The molecule has 0 amide bonds. The molecule has 110 valence electrons. The number of fused-ring (bicyclic) bond motifs is 1. The monoisotopic (exact) mass is 281 g/mol. The van der Waals surface area contributed by atoms with Crippen molar-refractivity contribution in [1.29, 1.82) is 0 Å². The third-order valence-corrected chi connectivity index (χ3v) is 4.23. The molecule has 1 N–H and O–H groups in total. The molecule has 0 fully saturated rings. The molecule has 3 heteroatoms. The highest BCUT2D eigenvalue weighted by Crippen LogP contribution is 2.26. The van der Waals surface area contributed by atoms with E-state index in [1.807, 2.05) is 12.3 Å². The van der Waals surface area contributed by atoms with E-state index < -0.39 is 0 Å². The van der Waals surface area contributed by atoms with Crippen LogP contribution in [0.3, 0.4) is 0 Å². The maximum absolute atomic E-state index is 4.42. The standard InChI is InChI=1S/C18H23N3/c1-14-5-3-9-20-17(14)13-19-12-15-7-8-18-16(11-15)6-4-10-21(18)2/h3,5,7-9,11,19H,4,6,10,12-13H2,1-2H3. The summed E-state index contributed by atoms with van der Waals surface area (Å²) < 4.78 is 0. The van der Waals surface area contributed by atoms with Crippen LogP contribution in [0.4, 0.5) is 5.69 Å². The fourth-order valence-electron chi connectivity index (χ4n) is 2.98. The largest absolute Gasteiger partial charge is 0.374 e. The quantitative estimate of drug-likeness (QED) is 0.933. The first-order valence-electron chi connectivity index (χ1n) is 7.68. The summed E-state index contributed by atoms with van der Waals surface area (Å²) in [4.78, 5) is 6.77. The minimum atomic E-state index is 0.823. The number of aryl methyl sites for hydroxylation is 2. The van der Waals surface area contributed by atoms with Crippen LogP contribution in [0.25, 0.3) is 0 Å². The first kappa shape index (κ1) is 14.1. The summed E-state index contributed by atoms with van der Waals surface area (Å²) in [7, 11) is 2.18. The zero-order valence-corrected chi connectivity index (χ0v) is 12.9. The fraction of sp³-hybridized carbons (Fsp3) is 0.389. The number of nitrogens with zero attached hydrogens (tertiary/aromatic N) is 2. The fourth-order valence-corrected chi connectivity index (χ4v) is 2.98. The van der Waals surface area contributed by atoms with Gasteiger partial charge in [-0.15, -0.1) is 0 Å². The number of aromatic nitrogens is 1. The van der Waals surface area contributed by atoms with E-state index in [0.29, 0.717) is 0 Å². The summed E-state index contributed by atoms with van der Waals surface area (Å²) in [5.74, 6) is 0. The third-order valence-electron chi connectivity index (χ3n) is 4.23. The van der Waals surface area contributed by atoms with Gasteiger partial charge in [0.05, 0.1) is 5.69 Å². The second kappa shape index (κ2) is 6.27. The van der Waals surface area contributed by atoms with Crippen LogP contribution >= 0.6 is 0 Å². The highest BCUT2D eigenvalue weighted by molar-refractivity contribution is 5.56. The van der Waals surface area contributed by atoms with E-state index >= 15 is 0 Å². The lowest BCUT2D eigenvalue weighted by atomic mass is 9.99. The molecule has 1 aliphatic heterocycles. The van der Waals surface area contributed by atoms with Crippen LogP contribution in [0, 0.1) is 6.92 Å². The van der Waals surface area contributed by atoms with Gasteiger partial charge in [-0.25, -0.2) is 0 Å². The predicted octanol–water partition coefficient (Wildman–Crippen LogP) is 3.06. The molecular formula is C18H23N3. The first-order valence-corrected chi connectivity index (χ1v) is 7.68. The van der Waals surface area contributed by atoms with Crippen molar-refractivity contribution in [3.63, 3.8) is 0 Å². The van der Waals surface area contributed by atoms with Gasteiger partial charge in [-0.05, 0) is 48.6 Å². The molecule has 0 aliphatic carbocycles. The molecule has 0 atom stereocenters. The number of nitrogens with one attached hydrogen (secondary N) is 1. The normalized spacial score (nSPS) is 14.1. The molecule has 2 heterocycles. The topological polar surface area (TPSA) is 28.2 Å². The van der Waals surface area contributed by atoms with E-state index in [9.17, 15) is 0 Å². The van der Waals surface area contributed by atoms with E-state index in [1.54, 1.807) is 0 Å². The second-order valence-electron chi connectivity index (χ2n) is 5.86. The van der Waals surface area contributed by atoms with Gasteiger partial charge in [-0.3, -0.25) is 4.98 Å².